The Labute approximate surface area is 130 Å². The van der Waals surface area contributed by atoms with Crippen molar-refractivity contribution in [3.05, 3.63) is 57.2 Å². The molecular weight excluding hydrogens is 288 g/mol. The molecule has 4 heteroatoms. The molecule has 2 N–H and O–H groups in total. The Hall–Kier alpha value is -0.870. The number of hydrogen-bond donors (Lipinski definition) is 1. The third kappa shape index (κ3) is 3.61. The van der Waals surface area contributed by atoms with Crippen LogP contribution in [0.4, 0.5) is 0 Å². The van der Waals surface area contributed by atoms with Crippen LogP contribution in [-0.4, -0.2) is 18.0 Å². The van der Waals surface area contributed by atoms with E-state index >= 15 is 0 Å². The number of nitrogens with zero attached hydrogens (tertiary/aromatic N) is 1. The van der Waals surface area contributed by atoms with E-state index in [-0.39, 0.29) is 12.1 Å². The van der Waals surface area contributed by atoms with Crippen molar-refractivity contribution in [3.8, 4) is 0 Å². The predicted octanol–water partition coefficient (Wildman–Crippen LogP) is 4.31. The van der Waals surface area contributed by atoms with Gasteiger partial charge in [0.1, 0.15) is 0 Å². The van der Waals surface area contributed by atoms with Crippen LogP contribution in [0.15, 0.2) is 41.8 Å². The molecule has 20 heavy (non-hydrogen) atoms. The van der Waals surface area contributed by atoms with Crippen LogP contribution < -0.4 is 5.73 Å². The molecule has 0 aliphatic carbocycles. The number of rotatable bonds is 6. The van der Waals surface area contributed by atoms with Crippen LogP contribution >= 0.6 is 22.9 Å². The van der Waals surface area contributed by atoms with Crippen LogP contribution in [0, 0.1) is 0 Å². The normalized spacial score (nSPS) is 14.4. The Kier molecular flexibility index (Phi) is 5.61. The summed E-state index contributed by atoms with van der Waals surface area (Å²) < 4.78 is 0. The summed E-state index contributed by atoms with van der Waals surface area (Å²) >= 11 is 8.02. The lowest BCUT2D eigenvalue weighted by molar-refractivity contribution is 0.205. The second-order valence-electron chi connectivity index (χ2n) is 5.04. The first-order chi connectivity index (χ1) is 9.63. The van der Waals surface area contributed by atoms with Crippen molar-refractivity contribution in [2.45, 2.75) is 32.0 Å². The van der Waals surface area contributed by atoms with Crippen LogP contribution in [0.1, 0.15) is 29.8 Å². The third-order valence-electron chi connectivity index (χ3n) is 3.56. The number of nitrogens with two attached hydrogens (primary N) is 1. The molecule has 0 fully saturated rings. The highest BCUT2D eigenvalue weighted by Gasteiger charge is 2.24. The van der Waals surface area contributed by atoms with Crippen LogP contribution in [-0.2, 0) is 6.54 Å². The highest BCUT2D eigenvalue weighted by molar-refractivity contribution is 7.10. The second-order valence-corrected chi connectivity index (χ2v) is 6.43. The summed E-state index contributed by atoms with van der Waals surface area (Å²) in [7, 11) is 2.11. The van der Waals surface area contributed by atoms with Crippen molar-refractivity contribution in [3.63, 3.8) is 0 Å². The van der Waals surface area contributed by atoms with Crippen LogP contribution in [0.2, 0.25) is 5.02 Å². The number of benzene rings is 1. The van der Waals surface area contributed by atoms with Gasteiger partial charge >= 0.3 is 0 Å². The molecule has 0 amide bonds. The zero-order chi connectivity index (χ0) is 14.5. The van der Waals surface area contributed by atoms with Crippen molar-refractivity contribution in [2.24, 2.45) is 5.73 Å². The van der Waals surface area contributed by atoms with E-state index < -0.39 is 0 Å². The number of halogens is 1. The zero-order valence-corrected chi connectivity index (χ0v) is 13.5. The molecule has 108 valence electrons. The molecule has 0 bridgehead atoms. The maximum absolute atomic E-state index is 6.33. The molecule has 2 atom stereocenters. The van der Waals surface area contributed by atoms with Crippen molar-refractivity contribution >= 4 is 22.9 Å². The standard InChI is InChI=1S/C16H21ClN2S/c1-3-14(18)16(15-9-6-10-20-15)19(2)11-12-7-4-5-8-13(12)17/h4-10,14,16H,3,11,18H2,1-2H3. The lowest BCUT2D eigenvalue weighted by Gasteiger charge is -2.32. The molecule has 1 aromatic carbocycles. The molecule has 0 aliphatic heterocycles. The second kappa shape index (κ2) is 7.23. The van der Waals surface area contributed by atoms with Gasteiger partial charge in [0.05, 0.1) is 6.04 Å². The molecule has 1 heterocycles. The first kappa shape index (κ1) is 15.5. The fraction of sp³-hybridized carbons (Fsp3) is 0.375. The van der Waals surface area contributed by atoms with Gasteiger partial charge in [0.15, 0.2) is 0 Å². The monoisotopic (exact) mass is 308 g/mol. The zero-order valence-electron chi connectivity index (χ0n) is 11.9. The Bertz CT molecular complexity index is 527. The molecule has 2 rings (SSSR count). The van der Waals surface area contributed by atoms with Crippen LogP contribution in [0.25, 0.3) is 0 Å². The van der Waals surface area contributed by atoms with Gasteiger partial charge in [0.2, 0.25) is 0 Å². The van der Waals surface area contributed by atoms with Crippen LogP contribution in [0.5, 0.6) is 0 Å². The van der Waals surface area contributed by atoms with Crippen molar-refractivity contribution < 1.29 is 0 Å². The summed E-state index contributed by atoms with van der Waals surface area (Å²) in [6.45, 7) is 2.94. The first-order valence-electron chi connectivity index (χ1n) is 6.86. The van der Waals surface area contributed by atoms with Gasteiger partial charge in [0.25, 0.3) is 0 Å². The summed E-state index contributed by atoms with van der Waals surface area (Å²) in [5, 5.41) is 2.92. The summed E-state index contributed by atoms with van der Waals surface area (Å²) in [4.78, 5) is 3.61. The van der Waals surface area contributed by atoms with Gasteiger partial charge < -0.3 is 5.73 Å². The lowest BCUT2D eigenvalue weighted by Crippen LogP contribution is -2.38. The maximum atomic E-state index is 6.33. The Morgan fingerprint density at radius 3 is 2.60 bits per heavy atom. The smallest absolute Gasteiger partial charge is 0.0593 e. The van der Waals surface area contributed by atoms with Gasteiger partial charge in [-0.25, -0.2) is 0 Å². The van der Waals surface area contributed by atoms with Crippen molar-refractivity contribution in [1.82, 2.24) is 4.90 Å². The number of hydrogen-bond acceptors (Lipinski definition) is 3. The number of thiophene rings is 1. The Morgan fingerprint density at radius 2 is 2.00 bits per heavy atom. The van der Waals surface area contributed by atoms with E-state index in [4.69, 9.17) is 17.3 Å². The summed E-state index contributed by atoms with van der Waals surface area (Å²) in [5.74, 6) is 0. The SMILES string of the molecule is CCC(N)C(c1cccs1)N(C)Cc1ccccc1Cl. The molecule has 2 aromatic rings. The topological polar surface area (TPSA) is 29.3 Å². The molecule has 0 aliphatic rings. The minimum atomic E-state index is 0.126. The summed E-state index contributed by atoms with van der Waals surface area (Å²) in [6.07, 6.45) is 0.954. The predicted molar refractivity (Wildman–Crippen MR) is 88.2 cm³/mol. The van der Waals surface area contributed by atoms with Crippen LogP contribution in [0.3, 0.4) is 0 Å². The Balaban J connectivity index is 2.19. The third-order valence-corrected chi connectivity index (χ3v) is 4.88. The van der Waals surface area contributed by atoms with E-state index in [1.807, 2.05) is 18.2 Å². The summed E-state index contributed by atoms with van der Waals surface area (Å²) in [6, 6.07) is 12.6. The highest BCUT2D eigenvalue weighted by Crippen LogP contribution is 2.30. The minimum Gasteiger partial charge on any atom is -0.326 e. The highest BCUT2D eigenvalue weighted by atomic mass is 35.5. The molecular formula is C16H21ClN2S. The minimum absolute atomic E-state index is 0.126. The van der Waals surface area contributed by atoms with E-state index in [0.29, 0.717) is 0 Å². The fourth-order valence-corrected chi connectivity index (χ4v) is 3.59. The van der Waals surface area contributed by atoms with E-state index in [2.05, 4.69) is 42.5 Å². The van der Waals surface area contributed by atoms with Crippen molar-refractivity contribution in [1.29, 1.82) is 0 Å². The van der Waals surface area contributed by atoms with Gasteiger partial charge in [-0.2, -0.15) is 0 Å². The van der Waals surface area contributed by atoms with Gasteiger partial charge in [0, 0.05) is 22.5 Å². The quantitative estimate of drug-likeness (QED) is 0.861. The molecule has 1 aromatic heterocycles. The maximum Gasteiger partial charge on any atom is 0.0593 e. The fourth-order valence-electron chi connectivity index (χ4n) is 2.43. The summed E-state index contributed by atoms with van der Waals surface area (Å²) in [5.41, 5.74) is 7.47. The van der Waals surface area contributed by atoms with E-state index in [1.165, 1.54) is 4.88 Å². The molecule has 0 spiro atoms. The lowest BCUT2D eigenvalue weighted by atomic mass is 10.0. The molecule has 2 unspecified atom stereocenters. The molecule has 0 saturated heterocycles. The van der Waals surface area contributed by atoms with Gasteiger partial charge in [-0.05, 0) is 36.5 Å². The molecule has 0 saturated carbocycles. The van der Waals surface area contributed by atoms with E-state index in [0.717, 1.165) is 23.6 Å². The van der Waals surface area contributed by atoms with E-state index in [9.17, 15) is 0 Å². The molecule has 0 radical (unpaired) electrons. The van der Waals surface area contributed by atoms with Gasteiger partial charge in [-0.15, -0.1) is 11.3 Å². The van der Waals surface area contributed by atoms with E-state index in [1.54, 1.807) is 11.3 Å². The molecule has 2 nitrogen and oxygen atoms in total. The van der Waals surface area contributed by atoms with Gasteiger partial charge in [-0.3, -0.25) is 4.90 Å². The van der Waals surface area contributed by atoms with Gasteiger partial charge in [-0.1, -0.05) is 42.8 Å². The number of likely N-dealkylation sites (N-methyl/N-ethyl adjacent to an activating group) is 1. The Morgan fingerprint density at radius 1 is 1.25 bits per heavy atom. The average Bonchev–Trinajstić information content (AvgIpc) is 2.95. The first-order valence-corrected chi connectivity index (χ1v) is 8.12. The largest absolute Gasteiger partial charge is 0.326 e. The average molecular weight is 309 g/mol. The van der Waals surface area contributed by atoms with Crippen molar-refractivity contribution in [2.75, 3.05) is 7.05 Å².